The third kappa shape index (κ3) is 3.63. The maximum Gasteiger partial charge on any atom is 0.312 e. The van der Waals surface area contributed by atoms with E-state index in [1.165, 1.54) is 6.07 Å². The number of nitrogens with zero attached hydrogens (tertiary/aromatic N) is 3. The van der Waals surface area contributed by atoms with E-state index < -0.39 is 4.92 Å². The lowest BCUT2D eigenvalue weighted by molar-refractivity contribution is -0.384. The molecule has 7 heteroatoms. The van der Waals surface area contributed by atoms with Gasteiger partial charge in [-0.15, -0.1) is 0 Å². The molecule has 1 aromatic heterocycles. The van der Waals surface area contributed by atoms with Gasteiger partial charge >= 0.3 is 5.69 Å². The second-order valence-electron chi connectivity index (χ2n) is 4.66. The standard InChI is InChI=1S/C12H17BrN4O2/c1-2-16-5-3-4-10(8-16)15-12-11(17(18)19)6-9(13)7-14-12/h6-7,10H,2-5,8H2,1H3,(H,14,15). The smallest absolute Gasteiger partial charge is 0.312 e. The Morgan fingerprint density at radius 3 is 3.16 bits per heavy atom. The fourth-order valence-electron chi connectivity index (χ4n) is 2.33. The third-order valence-corrected chi connectivity index (χ3v) is 3.76. The van der Waals surface area contributed by atoms with E-state index in [1.807, 2.05) is 0 Å². The van der Waals surface area contributed by atoms with Crippen molar-refractivity contribution in [2.45, 2.75) is 25.8 Å². The first-order valence-electron chi connectivity index (χ1n) is 6.39. The first-order chi connectivity index (χ1) is 9.10. The Hall–Kier alpha value is -1.21. The molecule has 2 rings (SSSR count). The van der Waals surface area contributed by atoms with Gasteiger partial charge in [0.05, 0.1) is 4.92 Å². The van der Waals surface area contributed by atoms with Crippen LogP contribution in [0.15, 0.2) is 16.7 Å². The minimum Gasteiger partial charge on any atom is -0.360 e. The number of rotatable bonds is 4. The molecule has 1 atom stereocenters. The van der Waals surface area contributed by atoms with Crippen molar-refractivity contribution in [1.29, 1.82) is 0 Å². The molecule has 1 unspecified atom stereocenters. The summed E-state index contributed by atoms with van der Waals surface area (Å²) in [7, 11) is 0. The van der Waals surface area contributed by atoms with Crippen molar-refractivity contribution in [3.05, 3.63) is 26.9 Å². The molecule has 1 fully saturated rings. The summed E-state index contributed by atoms with van der Waals surface area (Å²) in [6.45, 7) is 5.15. The van der Waals surface area contributed by atoms with Crippen molar-refractivity contribution in [1.82, 2.24) is 9.88 Å². The lowest BCUT2D eigenvalue weighted by Gasteiger charge is -2.32. The molecule has 0 radical (unpaired) electrons. The number of likely N-dealkylation sites (tertiary alicyclic amines) is 1. The molecule has 6 nitrogen and oxygen atoms in total. The van der Waals surface area contributed by atoms with Gasteiger partial charge in [-0.05, 0) is 41.9 Å². The van der Waals surface area contributed by atoms with E-state index in [-0.39, 0.29) is 11.7 Å². The molecule has 1 saturated heterocycles. The van der Waals surface area contributed by atoms with Crippen LogP contribution in [0, 0.1) is 10.1 Å². The number of anilines is 1. The molecule has 0 aromatic carbocycles. The molecule has 2 heterocycles. The summed E-state index contributed by atoms with van der Waals surface area (Å²) in [5, 5.41) is 14.2. The second kappa shape index (κ2) is 6.29. The summed E-state index contributed by atoms with van der Waals surface area (Å²) in [6, 6.07) is 1.71. The zero-order valence-electron chi connectivity index (χ0n) is 10.8. The Balaban J connectivity index is 2.12. The molecule has 1 aliphatic rings. The van der Waals surface area contributed by atoms with Crippen LogP contribution in [0.3, 0.4) is 0 Å². The number of hydrogen-bond donors (Lipinski definition) is 1. The van der Waals surface area contributed by atoms with Crippen LogP contribution < -0.4 is 5.32 Å². The number of nitro groups is 1. The van der Waals surface area contributed by atoms with E-state index in [1.54, 1.807) is 6.20 Å². The summed E-state index contributed by atoms with van der Waals surface area (Å²) in [6.07, 6.45) is 3.71. The quantitative estimate of drug-likeness (QED) is 0.679. The predicted molar refractivity (Wildman–Crippen MR) is 77.4 cm³/mol. The van der Waals surface area contributed by atoms with Crippen molar-refractivity contribution >= 4 is 27.4 Å². The minimum absolute atomic E-state index is 0.0167. The normalized spacial score (nSPS) is 20.2. The zero-order chi connectivity index (χ0) is 13.8. The summed E-state index contributed by atoms with van der Waals surface area (Å²) < 4.78 is 0.614. The summed E-state index contributed by atoms with van der Waals surface area (Å²) >= 11 is 3.21. The van der Waals surface area contributed by atoms with Crippen molar-refractivity contribution < 1.29 is 4.92 Å². The van der Waals surface area contributed by atoms with E-state index in [0.29, 0.717) is 10.3 Å². The van der Waals surface area contributed by atoms with Gasteiger partial charge < -0.3 is 10.2 Å². The Morgan fingerprint density at radius 1 is 1.68 bits per heavy atom. The van der Waals surface area contributed by atoms with Gasteiger partial charge in [0.2, 0.25) is 5.82 Å². The average Bonchev–Trinajstić information content (AvgIpc) is 2.41. The molecule has 0 saturated carbocycles. The Labute approximate surface area is 120 Å². The number of nitrogens with one attached hydrogen (secondary N) is 1. The predicted octanol–water partition coefficient (Wildman–Crippen LogP) is 2.65. The van der Waals surface area contributed by atoms with E-state index in [4.69, 9.17) is 0 Å². The van der Waals surface area contributed by atoms with Gasteiger partial charge in [-0.2, -0.15) is 0 Å². The van der Waals surface area contributed by atoms with Gasteiger partial charge in [0.25, 0.3) is 0 Å². The largest absolute Gasteiger partial charge is 0.360 e. The maximum atomic E-state index is 11.0. The highest BCUT2D eigenvalue weighted by molar-refractivity contribution is 9.10. The molecule has 0 bridgehead atoms. The van der Waals surface area contributed by atoms with Gasteiger partial charge in [0.1, 0.15) is 0 Å². The highest BCUT2D eigenvalue weighted by atomic mass is 79.9. The first-order valence-corrected chi connectivity index (χ1v) is 7.18. The maximum absolute atomic E-state index is 11.0. The van der Waals surface area contributed by atoms with E-state index in [2.05, 4.69) is 38.1 Å². The Kier molecular flexibility index (Phi) is 4.71. The van der Waals surface area contributed by atoms with E-state index in [0.717, 1.165) is 32.5 Å². The van der Waals surface area contributed by atoms with Gasteiger partial charge in [-0.1, -0.05) is 6.92 Å². The molecule has 0 amide bonds. The van der Waals surface area contributed by atoms with Gasteiger partial charge in [-0.3, -0.25) is 10.1 Å². The van der Waals surface area contributed by atoms with Crippen LogP contribution in [-0.2, 0) is 0 Å². The monoisotopic (exact) mass is 328 g/mol. The van der Waals surface area contributed by atoms with Crippen molar-refractivity contribution in [3.63, 3.8) is 0 Å². The minimum atomic E-state index is -0.402. The fourth-order valence-corrected chi connectivity index (χ4v) is 2.65. The van der Waals surface area contributed by atoms with Crippen LogP contribution in [0.2, 0.25) is 0 Å². The molecule has 104 valence electrons. The fraction of sp³-hybridized carbons (Fsp3) is 0.583. The van der Waals surface area contributed by atoms with Crippen LogP contribution in [0.5, 0.6) is 0 Å². The topological polar surface area (TPSA) is 71.3 Å². The zero-order valence-corrected chi connectivity index (χ0v) is 12.4. The van der Waals surface area contributed by atoms with Crippen molar-refractivity contribution in [2.75, 3.05) is 25.0 Å². The number of piperidine rings is 1. The van der Waals surface area contributed by atoms with Gasteiger partial charge in [-0.25, -0.2) is 4.98 Å². The van der Waals surface area contributed by atoms with Crippen LogP contribution in [-0.4, -0.2) is 40.5 Å². The van der Waals surface area contributed by atoms with Crippen molar-refractivity contribution in [2.24, 2.45) is 0 Å². The third-order valence-electron chi connectivity index (χ3n) is 3.32. The molecule has 1 aromatic rings. The Morgan fingerprint density at radius 2 is 2.47 bits per heavy atom. The van der Waals surface area contributed by atoms with Gasteiger partial charge in [0, 0.05) is 29.3 Å². The molecule has 0 spiro atoms. The number of hydrogen-bond acceptors (Lipinski definition) is 5. The lowest BCUT2D eigenvalue weighted by atomic mass is 10.1. The average molecular weight is 329 g/mol. The molecule has 1 aliphatic heterocycles. The molecule has 0 aliphatic carbocycles. The summed E-state index contributed by atoms with van der Waals surface area (Å²) in [4.78, 5) is 17.1. The van der Waals surface area contributed by atoms with Gasteiger partial charge in [0.15, 0.2) is 0 Å². The van der Waals surface area contributed by atoms with E-state index in [9.17, 15) is 10.1 Å². The molecule has 1 N–H and O–H groups in total. The van der Waals surface area contributed by atoms with Crippen LogP contribution in [0.25, 0.3) is 0 Å². The second-order valence-corrected chi connectivity index (χ2v) is 5.57. The molecule has 19 heavy (non-hydrogen) atoms. The molecular weight excluding hydrogens is 312 g/mol. The highest BCUT2D eigenvalue weighted by Crippen LogP contribution is 2.27. The van der Waals surface area contributed by atoms with Crippen molar-refractivity contribution in [3.8, 4) is 0 Å². The first kappa shape index (κ1) is 14.2. The van der Waals surface area contributed by atoms with E-state index >= 15 is 0 Å². The lowest BCUT2D eigenvalue weighted by Crippen LogP contribution is -2.42. The number of pyridine rings is 1. The number of aromatic nitrogens is 1. The number of halogens is 1. The van der Waals surface area contributed by atoms with Crippen LogP contribution in [0.4, 0.5) is 11.5 Å². The van der Waals surface area contributed by atoms with Crippen LogP contribution >= 0.6 is 15.9 Å². The summed E-state index contributed by atoms with van der Waals surface area (Å²) in [5.74, 6) is 0.358. The number of likely N-dealkylation sites (N-methyl/N-ethyl adjacent to an activating group) is 1. The molecular formula is C12H17BrN4O2. The SMILES string of the molecule is CCN1CCCC(Nc2ncc(Br)cc2[N+](=O)[O-])C1. The van der Waals surface area contributed by atoms with Crippen LogP contribution in [0.1, 0.15) is 19.8 Å². The summed E-state index contributed by atoms with van der Waals surface area (Å²) in [5.41, 5.74) is 0.0167. The Bertz CT molecular complexity index is 469. The highest BCUT2D eigenvalue weighted by Gasteiger charge is 2.23.